The van der Waals surface area contributed by atoms with Crippen molar-refractivity contribution in [3.8, 4) is 0 Å². The topological polar surface area (TPSA) is 38.4 Å². The highest BCUT2D eigenvalue weighted by Gasteiger charge is 2.12. The fourth-order valence-corrected chi connectivity index (χ4v) is 1.17. The van der Waals surface area contributed by atoms with E-state index in [0.717, 1.165) is 5.56 Å². The maximum Gasteiger partial charge on any atom is 0.0538 e. The number of hydrogen-bond acceptors (Lipinski definition) is 2. The molecule has 1 aromatic carbocycles. The van der Waals surface area contributed by atoms with Gasteiger partial charge in [0.25, 0.3) is 0 Å². The second-order valence-electron chi connectivity index (χ2n) is 4.15. The molecule has 0 bridgehead atoms. The van der Waals surface area contributed by atoms with E-state index >= 15 is 0 Å². The summed E-state index contributed by atoms with van der Waals surface area (Å²) in [6.45, 7) is 6.56. The lowest BCUT2D eigenvalue weighted by atomic mass is 9.86. The lowest BCUT2D eigenvalue weighted by Gasteiger charge is -2.19. The number of benzene rings is 1. The first kappa shape index (κ1) is 9.78. The fourth-order valence-electron chi connectivity index (χ4n) is 1.17. The molecule has 0 radical (unpaired) electrons. The Morgan fingerprint density at radius 1 is 1.31 bits per heavy atom. The number of rotatable bonds is 1. The Morgan fingerprint density at radius 3 is 2.54 bits per heavy atom. The molecule has 0 heterocycles. The van der Waals surface area contributed by atoms with Crippen LogP contribution in [0.5, 0.6) is 0 Å². The van der Waals surface area contributed by atoms with Gasteiger partial charge in [0.05, 0.1) is 6.21 Å². The average Bonchev–Trinajstić information content (AvgIpc) is 2.04. The zero-order valence-electron chi connectivity index (χ0n) is 8.41. The van der Waals surface area contributed by atoms with Crippen LogP contribution >= 0.6 is 0 Å². The van der Waals surface area contributed by atoms with Crippen LogP contribution in [-0.2, 0) is 5.41 Å². The molecule has 1 aromatic rings. The molecule has 0 amide bonds. The first-order chi connectivity index (χ1) is 6.04. The monoisotopic (exact) mass is 176 g/mol. The van der Waals surface area contributed by atoms with E-state index in [4.69, 9.17) is 5.84 Å². The number of nitrogens with two attached hydrogens (primary N) is 1. The summed E-state index contributed by atoms with van der Waals surface area (Å²) in [6, 6.07) is 8.24. The van der Waals surface area contributed by atoms with Gasteiger partial charge in [-0.1, -0.05) is 39.0 Å². The summed E-state index contributed by atoms with van der Waals surface area (Å²) in [5.74, 6) is 5.09. The van der Waals surface area contributed by atoms with Gasteiger partial charge >= 0.3 is 0 Å². The number of hydrazone groups is 1. The quantitative estimate of drug-likeness (QED) is 0.398. The highest BCUT2D eigenvalue weighted by Crippen LogP contribution is 2.22. The van der Waals surface area contributed by atoms with Crippen LogP contribution in [0.2, 0.25) is 0 Å². The predicted molar refractivity (Wildman–Crippen MR) is 56.9 cm³/mol. The third-order valence-electron chi connectivity index (χ3n) is 1.98. The minimum atomic E-state index is 0.179. The van der Waals surface area contributed by atoms with Crippen LogP contribution < -0.4 is 5.84 Å². The van der Waals surface area contributed by atoms with Crippen molar-refractivity contribution in [1.29, 1.82) is 0 Å². The molecule has 0 unspecified atom stereocenters. The van der Waals surface area contributed by atoms with Crippen LogP contribution in [0.15, 0.2) is 29.4 Å². The molecule has 0 saturated heterocycles. The second kappa shape index (κ2) is 3.60. The molecule has 0 aliphatic heterocycles. The van der Waals surface area contributed by atoms with Gasteiger partial charge in [-0.25, -0.2) is 0 Å². The third kappa shape index (κ3) is 2.58. The summed E-state index contributed by atoms with van der Waals surface area (Å²) in [5, 5.41) is 3.50. The first-order valence-electron chi connectivity index (χ1n) is 4.38. The average molecular weight is 176 g/mol. The number of hydrogen-bond donors (Lipinski definition) is 1. The van der Waals surface area contributed by atoms with E-state index in [2.05, 4.69) is 38.0 Å². The molecular formula is C11H16N2. The molecule has 70 valence electrons. The first-order valence-corrected chi connectivity index (χ1v) is 4.38. The Bertz CT molecular complexity index is 308. The Hall–Kier alpha value is -1.31. The van der Waals surface area contributed by atoms with Crippen molar-refractivity contribution in [1.82, 2.24) is 0 Å². The van der Waals surface area contributed by atoms with E-state index in [0.29, 0.717) is 0 Å². The van der Waals surface area contributed by atoms with E-state index in [1.54, 1.807) is 6.21 Å². The maximum atomic E-state index is 5.09. The summed E-state index contributed by atoms with van der Waals surface area (Å²) in [7, 11) is 0. The lowest BCUT2D eigenvalue weighted by molar-refractivity contribution is 0.590. The molecule has 2 heteroatoms. The van der Waals surface area contributed by atoms with Gasteiger partial charge in [0.15, 0.2) is 0 Å². The molecule has 2 nitrogen and oxygen atoms in total. The minimum Gasteiger partial charge on any atom is -0.323 e. The summed E-state index contributed by atoms with van der Waals surface area (Å²) in [6.07, 6.45) is 1.66. The highest BCUT2D eigenvalue weighted by molar-refractivity contribution is 5.79. The molecule has 13 heavy (non-hydrogen) atoms. The zero-order valence-corrected chi connectivity index (χ0v) is 8.41. The third-order valence-corrected chi connectivity index (χ3v) is 1.98. The summed E-state index contributed by atoms with van der Waals surface area (Å²) < 4.78 is 0. The van der Waals surface area contributed by atoms with Crippen molar-refractivity contribution in [3.63, 3.8) is 0 Å². The van der Waals surface area contributed by atoms with E-state index in [1.165, 1.54) is 5.56 Å². The van der Waals surface area contributed by atoms with E-state index in [1.807, 2.05) is 12.1 Å². The molecular weight excluding hydrogens is 160 g/mol. The summed E-state index contributed by atoms with van der Waals surface area (Å²) in [4.78, 5) is 0. The standard InChI is InChI=1S/C11H16N2/c1-11(2,3)10-6-4-5-9(7-10)8-13-12/h4-8H,12H2,1-3H3. The summed E-state index contributed by atoms with van der Waals surface area (Å²) in [5.41, 5.74) is 2.53. The van der Waals surface area contributed by atoms with Crippen LogP contribution in [0.4, 0.5) is 0 Å². The Labute approximate surface area is 79.5 Å². The van der Waals surface area contributed by atoms with Gasteiger partial charge in [0, 0.05) is 0 Å². The van der Waals surface area contributed by atoms with Crippen molar-refractivity contribution in [2.75, 3.05) is 0 Å². The van der Waals surface area contributed by atoms with Crippen molar-refractivity contribution >= 4 is 6.21 Å². The highest BCUT2D eigenvalue weighted by atomic mass is 15.1. The Morgan fingerprint density at radius 2 is 2.00 bits per heavy atom. The van der Waals surface area contributed by atoms with Gasteiger partial charge < -0.3 is 5.84 Å². The van der Waals surface area contributed by atoms with E-state index < -0.39 is 0 Å². The van der Waals surface area contributed by atoms with Crippen molar-refractivity contribution < 1.29 is 0 Å². The van der Waals surface area contributed by atoms with Crippen LogP contribution in [-0.4, -0.2) is 6.21 Å². The van der Waals surface area contributed by atoms with Crippen molar-refractivity contribution in [2.24, 2.45) is 10.9 Å². The molecule has 1 rings (SSSR count). The zero-order chi connectivity index (χ0) is 9.90. The van der Waals surface area contributed by atoms with Gasteiger partial charge in [0.2, 0.25) is 0 Å². The predicted octanol–water partition coefficient (Wildman–Crippen LogP) is 2.28. The number of nitrogens with zero attached hydrogens (tertiary/aromatic N) is 1. The largest absolute Gasteiger partial charge is 0.323 e. The van der Waals surface area contributed by atoms with Gasteiger partial charge in [-0.05, 0) is 22.6 Å². The summed E-state index contributed by atoms with van der Waals surface area (Å²) >= 11 is 0. The van der Waals surface area contributed by atoms with Crippen LogP contribution in [0, 0.1) is 0 Å². The van der Waals surface area contributed by atoms with Crippen LogP contribution in [0.25, 0.3) is 0 Å². The normalized spacial score (nSPS) is 12.2. The van der Waals surface area contributed by atoms with Crippen LogP contribution in [0.3, 0.4) is 0 Å². The second-order valence-corrected chi connectivity index (χ2v) is 4.15. The van der Waals surface area contributed by atoms with Crippen molar-refractivity contribution in [2.45, 2.75) is 26.2 Å². The van der Waals surface area contributed by atoms with Gasteiger partial charge in [-0.2, -0.15) is 5.10 Å². The molecule has 0 fully saturated rings. The van der Waals surface area contributed by atoms with E-state index in [-0.39, 0.29) is 5.41 Å². The van der Waals surface area contributed by atoms with Crippen molar-refractivity contribution in [3.05, 3.63) is 35.4 Å². The fraction of sp³-hybridized carbons (Fsp3) is 0.364. The molecule has 0 aliphatic carbocycles. The van der Waals surface area contributed by atoms with Gasteiger partial charge in [-0.3, -0.25) is 0 Å². The molecule has 0 saturated carbocycles. The molecule has 0 atom stereocenters. The minimum absolute atomic E-state index is 0.179. The van der Waals surface area contributed by atoms with Gasteiger partial charge in [0.1, 0.15) is 0 Å². The smallest absolute Gasteiger partial charge is 0.0538 e. The maximum absolute atomic E-state index is 5.09. The molecule has 0 aliphatic rings. The SMILES string of the molecule is CC(C)(C)c1cccc(C=NN)c1. The Balaban J connectivity index is 3.05. The van der Waals surface area contributed by atoms with Crippen LogP contribution in [0.1, 0.15) is 31.9 Å². The lowest BCUT2D eigenvalue weighted by Crippen LogP contribution is -2.11. The molecule has 0 aromatic heterocycles. The molecule has 2 N–H and O–H groups in total. The Kier molecular flexibility index (Phi) is 2.71. The molecule has 0 spiro atoms. The van der Waals surface area contributed by atoms with E-state index in [9.17, 15) is 0 Å². The van der Waals surface area contributed by atoms with Gasteiger partial charge in [-0.15, -0.1) is 0 Å².